The van der Waals surface area contributed by atoms with E-state index in [2.05, 4.69) is 5.32 Å². The van der Waals surface area contributed by atoms with E-state index in [1.807, 2.05) is 6.92 Å². The zero-order chi connectivity index (χ0) is 24.0. The Labute approximate surface area is 197 Å². The van der Waals surface area contributed by atoms with Gasteiger partial charge in [-0.3, -0.25) is 9.63 Å². The Bertz CT molecular complexity index is 1230. The summed E-state index contributed by atoms with van der Waals surface area (Å²) in [6, 6.07) is 17.4. The molecule has 0 aliphatic heterocycles. The standard InChI is InChI=1S/C23H23ClN2O6S/c1-4-31-18-9-11-19(12-10-18)32-22-13-8-17(24)15-21(22)25-23(27)16-6-5-7-20(14-16)33(28,29)26(2)30-3/h5-15H,4H2,1-3H3,(H,25,27). The summed E-state index contributed by atoms with van der Waals surface area (Å²) in [5.41, 5.74) is 0.455. The van der Waals surface area contributed by atoms with E-state index < -0.39 is 15.9 Å². The van der Waals surface area contributed by atoms with Crippen LogP contribution in [0.1, 0.15) is 17.3 Å². The molecule has 0 bridgehead atoms. The number of rotatable bonds is 9. The van der Waals surface area contributed by atoms with Crippen molar-refractivity contribution in [2.45, 2.75) is 11.8 Å². The molecule has 0 fully saturated rings. The first kappa shape index (κ1) is 24.5. The molecule has 0 atom stereocenters. The molecule has 0 spiro atoms. The van der Waals surface area contributed by atoms with Crippen molar-refractivity contribution in [2.75, 3.05) is 26.1 Å². The molecule has 0 unspecified atom stereocenters. The smallest absolute Gasteiger partial charge is 0.264 e. The van der Waals surface area contributed by atoms with Crippen molar-refractivity contribution in [2.24, 2.45) is 0 Å². The number of halogens is 1. The third-order valence-corrected chi connectivity index (χ3v) is 6.45. The summed E-state index contributed by atoms with van der Waals surface area (Å²) in [7, 11) is -1.41. The van der Waals surface area contributed by atoms with E-state index in [0.29, 0.717) is 39.0 Å². The van der Waals surface area contributed by atoms with Crippen LogP contribution in [0.4, 0.5) is 5.69 Å². The lowest BCUT2D eigenvalue weighted by Gasteiger charge is -2.15. The summed E-state index contributed by atoms with van der Waals surface area (Å²) >= 11 is 6.12. The monoisotopic (exact) mass is 490 g/mol. The van der Waals surface area contributed by atoms with Gasteiger partial charge in [-0.05, 0) is 67.6 Å². The van der Waals surface area contributed by atoms with Crippen molar-refractivity contribution < 1.29 is 27.5 Å². The summed E-state index contributed by atoms with van der Waals surface area (Å²) in [6.07, 6.45) is 0. The second kappa shape index (κ2) is 10.7. The minimum absolute atomic E-state index is 0.0866. The normalized spacial score (nSPS) is 11.3. The van der Waals surface area contributed by atoms with Crippen molar-refractivity contribution in [3.05, 3.63) is 77.3 Å². The second-order valence-corrected chi connectivity index (χ2v) is 9.10. The molecule has 0 aromatic heterocycles. The summed E-state index contributed by atoms with van der Waals surface area (Å²) < 4.78 is 37.0. The van der Waals surface area contributed by atoms with Crippen LogP contribution in [0.15, 0.2) is 71.6 Å². The van der Waals surface area contributed by atoms with Crippen LogP contribution in [0.3, 0.4) is 0 Å². The maximum atomic E-state index is 12.9. The molecule has 174 valence electrons. The van der Waals surface area contributed by atoms with Crippen LogP contribution in [0.2, 0.25) is 5.02 Å². The number of nitrogens with one attached hydrogen (secondary N) is 1. The van der Waals surface area contributed by atoms with Crippen LogP contribution in [-0.2, 0) is 14.9 Å². The molecule has 33 heavy (non-hydrogen) atoms. The van der Waals surface area contributed by atoms with Gasteiger partial charge in [0.1, 0.15) is 11.5 Å². The number of nitrogens with zero attached hydrogens (tertiary/aromatic N) is 1. The van der Waals surface area contributed by atoms with Crippen LogP contribution in [-0.4, -0.2) is 39.6 Å². The third-order valence-electron chi connectivity index (χ3n) is 4.54. The molecule has 3 rings (SSSR count). The number of benzene rings is 3. The van der Waals surface area contributed by atoms with Gasteiger partial charge in [-0.25, -0.2) is 8.42 Å². The van der Waals surface area contributed by atoms with Gasteiger partial charge in [-0.2, -0.15) is 0 Å². The second-order valence-electron chi connectivity index (χ2n) is 6.73. The summed E-state index contributed by atoms with van der Waals surface area (Å²) in [5, 5.41) is 3.12. The van der Waals surface area contributed by atoms with Crippen LogP contribution < -0.4 is 14.8 Å². The number of anilines is 1. The molecule has 10 heteroatoms. The Balaban J connectivity index is 1.84. The lowest BCUT2D eigenvalue weighted by atomic mass is 10.2. The first-order valence-corrected chi connectivity index (χ1v) is 11.7. The number of hydrogen-bond acceptors (Lipinski definition) is 6. The van der Waals surface area contributed by atoms with Crippen molar-refractivity contribution in [1.29, 1.82) is 0 Å². The van der Waals surface area contributed by atoms with Gasteiger partial charge < -0.3 is 14.8 Å². The Morgan fingerprint density at radius 1 is 1.03 bits per heavy atom. The minimum atomic E-state index is -3.91. The van der Waals surface area contributed by atoms with Gasteiger partial charge in [-0.1, -0.05) is 22.1 Å². The Morgan fingerprint density at radius 2 is 1.73 bits per heavy atom. The van der Waals surface area contributed by atoms with E-state index in [0.717, 1.165) is 0 Å². The summed E-state index contributed by atoms with van der Waals surface area (Å²) in [6.45, 7) is 2.45. The van der Waals surface area contributed by atoms with Gasteiger partial charge in [0.15, 0.2) is 5.75 Å². The van der Waals surface area contributed by atoms with E-state index in [9.17, 15) is 13.2 Å². The minimum Gasteiger partial charge on any atom is -0.494 e. The molecule has 3 aromatic rings. The van der Waals surface area contributed by atoms with Gasteiger partial charge in [0.25, 0.3) is 15.9 Å². The van der Waals surface area contributed by atoms with Crippen molar-refractivity contribution >= 4 is 33.2 Å². The highest BCUT2D eigenvalue weighted by Crippen LogP contribution is 2.33. The van der Waals surface area contributed by atoms with Crippen LogP contribution in [0.5, 0.6) is 17.2 Å². The number of sulfonamides is 1. The highest BCUT2D eigenvalue weighted by Gasteiger charge is 2.22. The SMILES string of the molecule is CCOc1ccc(Oc2ccc(Cl)cc2NC(=O)c2cccc(S(=O)(=O)N(C)OC)c2)cc1. The molecule has 0 heterocycles. The number of carbonyl (C=O) groups excluding carboxylic acids is 1. The zero-order valence-corrected chi connectivity index (χ0v) is 19.8. The number of amides is 1. The van der Waals surface area contributed by atoms with Gasteiger partial charge in [0.2, 0.25) is 0 Å². The predicted octanol–water partition coefficient (Wildman–Crippen LogP) is 4.97. The highest BCUT2D eigenvalue weighted by atomic mass is 35.5. The van der Waals surface area contributed by atoms with Gasteiger partial charge in [0.05, 0.1) is 24.3 Å². The highest BCUT2D eigenvalue weighted by molar-refractivity contribution is 7.89. The van der Waals surface area contributed by atoms with E-state index >= 15 is 0 Å². The average molecular weight is 491 g/mol. The Kier molecular flexibility index (Phi) is 7.93. The molecular weight excluding hydrogens is 468 g/mol. The molecule has 0 saturated carbocycles. The average Bonchev–Trinajstić information content (AvgIpc) is 2.81. The van der Waals surface area contributed by atoms with Crippen LogP contribution in [0, 0.1) is 0 Å². The number of ether oxygens (including phenoxy) is 2. The Hall–Kier alpha value is -3.11. The van der Waals surface area contributed by atoms with Gasteiger partial charge >= 0.3 is 0 Å². The van der Waals surface area contributed by atoms with E-state index in [4.69, 9.17) is 25.9 Å². The third kappa shape index (κ3) is 6.02. The molecule has 0 radical (unpaired) electrons. The quantitative estimate of drug-likeness (QED) is 0.426. The summed E-state index contributed by atoms with van der Waals surface area (Å²) in [4.78, 5) is 17.6. The number of carbonyl (C=O) groups is 1. The molecular formula is C23H23ClN2O6S. The lowest BCUT2D eigenvalue weighted by Crippen LogP contribution is -2.26. The first-order chi connectivity index (χ1) is 15.7. The van der Waals surface area contributed by atoms with E-state index in [1.165, 1.54) is 38.4 Å². The van der Waals surface area contributed by atoms with Gasteiger partial charge in [0, 0.05) is 17.6 Å². The Morgan fingerprint density at radius 3 is 2.39 bits per heavy atom. The fourth-order valence-corrected chi connectivity index (χ4v) is 4.02. The molecule has 3 aromatic carbocycles. The summed E-state index contributed by atoms with van der Waals surface area (Å²) in [5.74, 6) is 1.07. The largest absolute Gasteiger partial charge is 0.494 e. The number of hydroxylamine groups is 1. The molecule has 0 saturated heterocycles. The fourth-order valence-electron chi connectivity index (χ4n) is 2.83. The van der Waals surface area contributed by atoms with Gasteiger partial charge in [-0.15, -0.1) is 0 Å². The van der Waals surface area contributed by atoms with E-state index in [1.54, 1.807) is 42.5 Å². The van der Waals surface area contributed by atoms with Crippen molar-refractivity contribution in [3.8, 4) is 17.2 Å². The molecule has 8 nitrogen and oxygen atoms in total. The van der Waals surface area contributed by atoms with Crippen LogP contribution in [0.25, 0.3) is 0 Å². The topological polar surface area (TPSA) is 94.2 Å². The maximum absolute atomic E-state index is 12.9. The molecule has 0 aliphatic rings. The lowest BCUT2D eigenvalue weighted by molar-refractivity contribution is -0.0258. The first-order valence-electron chi connectivity index (χ1n) is 9.89. The number of hydrogen-bond donors (Lipinski definition) is 1. The maximum Gasteiger partial charge on any atom is 0.264 e. The fraction of sp³-hybridized carbons (Fsp3) is 0.174. The van der Waals surface area contributed by atoms with Crippen molar-refractivity contribution in [3.63, 3.8) is 0 Å². The predicted molar refractivity (Wildman–Crippen MR) is 125 cm³/mol. The van der Waals surface area contributed by atoms with E-state index in [-0.39, 0.29) is 10.5 Å². The molecule has 0 aliphatic carbocycles. The molecule has 1 N–H and O–H groups in total. The van der Waals surface area contributed by atoms with Crippen LogP contribution >= 0.6 is 11.6 Å². The molecule has 1 amide bonds. The van der Waals surface area contributed by atoms with Crippen molar-refractivity contribution in [1.82, 2.24) is 4.47 Å². The zero-order valence-electron chi connectivity index (χ0n) is 18.2.